The van der Waals surface area contributed by atoms with Gasteiger partial charge in [0.1, 0.15) is 0 Å². The molecule has 1 aliphatic rings. The molecule has 0 atom stereocenters. The zero-order valence-electron chi connectivity index (χ0n) is 15.3. The van der Waals surface area contributed by atoms with Crippen molar-refractivity contribution in [2.75, 3.05) is 6.54 Å². The van der Waals surface area contributed by atoms with E-state index in [1.165, 1.54) is 13.1 Å². The summed E-state index contributed by atoms with van der Waals surface area (Å²) in [5.74, 6) is -0.402. The van der Waals surface area contributed by atoms with E-state index in [9.17, 15) is 13.2 Å². The Morgan fingerprint density at radius 3 is 2.50 bits per heavy atom. The van der Waals surface area contributed by atoms with E-state index < -0.39 is 16.1 Å². The molecule has 8 heteroatoms. The van der Waals surface area contributed by atoms with Crippen LogP contribution >= 0.6 is 11.6 Å². The molecule has 0 saturated carbocycles. The molecule has 1 amide bonds. The fourth-order valence-electron chi connectivity index (χ4n) is 2.78. The van der Waals surface area contributed by atoms with Crippen LogP contribution in [0.4, 0.5) is 0 Å². The van der Waals surface area contributed by atoms with Gasteiger partial charge in [0.2, 0.25) is 0 Å². The van der Waals surface area contributed by atoms with Gasteiger partial charge in [0.05, 0.1) is 11.3 Å². The molecule has 2 aromatic carbocycles. The van der Waals surface area contributed by atoms with Gasteiger partial charge in [-0.15, -0.1) is 4.40 Å². The number of amides is 1. The summed E-state index contributed by atoms with van der Waals surface area (Å²) in [6, 6.07) is 16.7. The SMILES string of the molecule is CC1=NS(=O)(=O)N(CCc2ccccc2)C=C1C(=O)NCc1ccccc1Cl. The first-order valence-electron chi connectivity index (χ1n) is 8.73. The monoisotopic (exact) mass is 417 g/mol. The lowest BCUT2D eigenvalue weighted by molar-refractivity contribution is -0.117. The van der Waals surface area contributed by atoms with Crippen molar-refractivity contribution in [3.8, 4) is 0 Å². The van der Waals surface area contributed by atoms with Gasteiger partial charge in [0.15, 0.2) is 0 Å². The third kappa shape index (κ3) is 4.79. The Kier molecular flexibility index (Phi) is 6.16. The predicted octanol–water partition coefficient (Wildman–Crippen LogP) is 3.10. The van der Waals surface area contributed by atoms with E-state index >= 15 is 0 Å². The molecule has 28 heavy (non-hydrogen) atoms. The van der Waals surface area contributed by atoms with Crippen molar-refractivity contribution in [3.05, 3.63) is 82.5 Å². The summed E-state index contributed by atoms with van der Waals surface area (Å²) in [7, 11) is -3.84. The smallest absolute Gasteiger partial charge is 0.344 e. The average Bonchev–Trinajstić information content (AvgIpc) is 2.66. The fraction of sp³-hybridized carbons (Fsp3) is 0.200. The molecule has 0 aromatic heterocycles. The molecule has 0 unspecified atom stereocenters. The van der Waals surface area contributed by atoms with E-state index in [1.807, 2.05) is 48.5 Å². The zero-order chi connectivity index (χ0) is 20.1. The van der Waals surface area contributed by atoms with Gasteiger partial charge in [-0.3, -0.25) is 9.10 Å². The second-order valence-corrected chi connectivity index (χ2v) is 8.27. The molecule has 146 valence electrons. The van der Waals surface area contributed by atoms with Crippen molar-refractivity contribution >= 4 is 33.4 Å². The van der Waals surface area contributed by atoms with E-state index in [1.54, 1.807) is 6.07 Å². The largest absolute Gasteiger partial charge is 0.348 e. The molecule has 3 rings (SSSR count). The molecule has 0 aliphatic carbocycles. The quantitative estimate of drug-likeness (QED) is 0.784. The zero-order valence-corrected chi connectivity index (χ0v) is 16.9. The number of carbonyl (C=O) groups is 1. The van der Waals surface area contributed by atoms with Gasteiger partial charge in [-0.1, -0.05) is 60.1 Å². The van der Waals surface area contributed by atoms with Gasteiger partial charge in [0, 0.05) is 24.3 Å². The molecule has 1 heterocycles. The van der Waals surface area contributed by atoms with Crippen LogP contribution in [0.5, 0.6) is 0 Å². The van der Waals surface area contributed by atoms with Crippen molar-refractivity contribution in [1.29, 1.82) is 0 Å². The van der Waals surface area contributed by atoms with Crippen LogP contribution in [0.1, 0.15) is 18.1 Å². The molecule has 0 radical (unpaired) electrons. The van der Waals surface area contributed by atoms with Gasteiger partial charge in [-0.2, -0.15) is 8.42 Å². The predicted molar refractivity (Wildman–Crippen MR) is 110 cm³/mol. The van der Waals surface area contributed by atoms with Gasteiger partial charge in [-0.25, -0.2) is 0 Å². The second-order valence-electron chi connectivity index (χ2n) is 6.32. The first-order chi connectivity index (χ1) is 13.4. The molecule has 0 bridgehead atoms. The highest BCUT2D eigenvalue weighted by molar-refractivity contribution is 7.88. The van der Waals surface area contributed by atoms with E-state index in [0.717, 1.165) is 15.4 Å². The summed E-state index contributed by atoms with van der Waals surface area (Å²) in [6.07, 6.45) is 1.86. The van der Waals surface area contributed by atoms with Crippen LogP contribution in [-0.4, -0.2) is 30.9 Å². The van der Waals surface area contributed by atoms with Crippen molar-refractivity contribution < 1.29 is 13.2 Å². The maximum atomic E-state index is 12.6. The number of benzene rings is 2. The third-order valence-corrected chi connectivity index (χ3v) is 6.07. The normalized spacial score (nSPS) is 15.6. The Morgan fingerprint density at radius 1 is 1.11 bits per heavy atom. The molecular weight excluding hydrogens is 398 g/mol. The highest BCUT2D eigenvalue weighted by Crippen LogP contribution is 2.18. The summed E-state index contributed by atoms with van der Waals surface area (Å²) in [5, 5.41) is 3.32. The second kappa shape index (κ2) is 8.58. The minimum Gasteiger partial charge on any atom is -0.348 e. The fourth-order valence-corrected chi connectivity index (χ4v) is 4.09. The topological polar surface area (TPSA) is 78.8 Å². The Labute approximate surface area is 169 Å². The van der Waals surface area contributed by atoms with Crippen LogP contribution in [0.2, 0.25) is 5.02 Å². The Balaban J connectivity index is 1.73. The van der Waals surface area contributed by atoms with E-state index in [-0.39, 0.29) is 24.4 Å². The molecule has 1 aliphatic heterocycles. The van der Waals surface area contributed by atoms with Gasteiger partial charge < -0.3 is 5.32 Å². The molecular formula is C20H20ClN3O3S. The Hall–Kier alpha value is -2.64. The summed E-state index contributed by atoms with van der Waals surface area (Å²) in [6.45, 7) is 1.94. The van der Waals surface area contributed by atoms with Crippen molar-refractivity contribution in [3.63, 3.8) is 0 Å². The number of carbonyl (C=O) groups excluding carboxylic acids is 1. The standard InChI is InChI=1S/C20H20ClN3O3S/c1-15-18(20(25)22-13-17-9-5-6-10-19(17)21)14-24(28(26,27)23-15)12-11-16-7-3-2-4-8-16/h2-10,14H,11-13H2,1H3,(H,22,25). The van der Waals surface area contributed by atoms with Crippen LogP contribution in [0.25, 0.3) is 0 Å². The number of nitrogens with zero attached hydrogens (tertiary/aromatic N) is 2. The van der Waals surface area contributed by atoms with E-state index in [4.69, 9.17) is 11.6 Å². The molecule has 0 fully saturated rings. The maximum Gasteiger partial charge on any atom is 0.344 e. The lowest BCUT2D eigenvalue weighted by Crippen LogP contribution is -2.36. The van der Waals surface area contributed by atoms with Crippen LogP contribution in [0, 0.1) is 0 Å². The minimum atomic E-state index is -3.84. The molecule has 1 N–H and O–H groups in total. The molecule has 2 aromatic rings. The molecule has 0 spiro atoms. The maximum absolute atomic E-state index is 12.6. The van der Waals surface area contributed by atoms with Crippen LogP contribution < -0.4 is 5.32 Å². The summed E-state index contributed by atoms with van der Waals surface area (Å²) < 4.78 is 29.6. The molecule has 0 saturated heterocycles. The van der Waals surface area contributed by atoms with Gasteiger partial charge in [0.25, 0.3) is 5.91 Å². The lowest BCUT2D eigenvalue weighted by atomic mass is 10.1. The molecule has 6 nitrogen and oxygen atoms in total. The average molecular weight is 418 g/mol. The van der Waals surface area contributed by atoms with E-state index in [0.29, 0.717) is 11.4 Å². The summed E-state index contributed by atoms with van der Waals surface area (Å²) >= 11 is 6.10. The van der Waals surface area contributed by atoms with Gasteiger partial charge >= 0.3 is 10.2 Å². The number of rotatable bonds is 6. The van der Waals surface area contributed by atoms with Crippen LogP contribution in [-0.2, 0) is 28.0 Å². The van der Waals surface area contributed by atoms with Crippen molar-refractivity contribution in [1.82, 2.24) is 9.62 Å². The minimum absolute atomic E-state index is 0.160. The first-order valence-corrected chi connectivity index (χ1v) is 10.5. The highest BCUT2D eigenvalue weighted by atomic mass is 35.5. The number of halogens is 1. The van der Waals surface area contributed by atoms with Gasteiger partial charge in [-0.05, 0) is 30.5 Å². The summed E-state index contributed by atoms with van der Waals surface area (Å²) in [4.78, 5) is 12.6. The third-order valence-electron chi connectivity index (χ3n) is 4.32. The van der Waals surface area contributed by atoms with E-state index in [2.05, 4.69) is 9.71 Å². The first kappa shape index (κ1) is 20.1. The number of hydrogen-bond acceptors (Lipinski definition) is 3. The van der Waals surface area contributed by atoms with Crippen molar-refractivity contribution in [2.24, 2.45) is 4.40 Å². The van der Waals surface area contributed by atoms with Crippen LogP contribution in [0.3, 0.4) is 0 Å². The Bertz CT molecular complexity index is 1030. The van der Waals surface area contributed by atoms with Crippen LogP contribution in [0.15, 0.2) is 70.8 Å². The lowest BCUT2D eigenvalue weighted by Gasteiger charge is -2.23. The number of nitrogens with one attached hydrogen (secondary N) is 1. The highest BCUT2D eigenvalue weighted by Gasteiger charge is 2.27. The number of hydrogen-bond donors (Lipinski definition) is 1. The Morgan fingerprint density at radius 2 is 1.79 bits per heavy atom. The van der Waals surface area contributed by atoms with Crippen molar-refractivity contribution in [2.45, 2.75) is 19.9 Å². The summed E-state index contributed by atoms with van der Waals surface area (Å²) in [5.41, 5.74) is 2.15.